The Labute approximate surface area is 77.0 Å². The second kappa shape index (κ2) is 1840. The molecule has 0 heterocycles. The molecule has 128 valence electrons. The molecule has 0 aliphatic heterocycles. The van der Waals surface area contributed by atoms with Crippen molar-refractivity contribution in [3.05, 3.63) is 0 Å². The van der Waals surface area contributed by atoms with Crippen LogP contribution in [0.25, 0.3) is 0 Å². The molecule has 0 N–H and O–H groups in total. The lowest BCUT2D eigenvalue weighted by molar-refractivity contribution is 1.11. The highest BCUT2D eigenvalue weighted by Crippen LogP contribution is 0.435. The van der Waals surface area contributed by atoms with Crippen LogP contribution in [0.15, 0.2) is 0 Å². The largest absolute Gasteiger partial charge is 0.269 e. The molecule has 0 aromatic carbocycles. The fraction of sp³-hybridized carbons (Fsp3) is 0. The lowest BCUT2D eigenvalue weighted by Gasteiger charge is -0.270. The molecule has 0 unspecified atom stereocenters. The molecule has 0 bridgehead atoms. The van der Waals surface area contributed by atoms with E-state index in [1.54, 1.807) is 0 Å². The standard InChI is InChI=1S/16FH/h16*1H. The lowest BCUT2D eigenvalue weighted by Crippen LogP contribution is 0.419. The van der Waals surface area contributed by atoms with E-state index in [0.717, 1.165) is 0 Å². The third-order valence-electron chi connectivity index (χ3n) is 0. The van der Waals surface area contributed by atoms with Gasteiger partial charge in [-0.25, -0.2) is 0 Å². The van der Waals surface area contributed by atoms with Gasteiger partial charge in [0.2, 0.25) is 0 Å². The third kappa shape index (κ3) is 1450. The van der Waals surface area contributed by atoms with Gasteiger partial charge in [0.15, 0.2) is 0 Å². The number of rotatable bonds is 0. The fourth-order valence-electron chi connectivity index (χ4n) is 0. The van der Waals surface area contributed by atoms with Crippen LogP contribution >= 0.6 is 0 Å². The average molecular weight is 320 g/mol. The molecule has 0 radical (unpaired) electrons. The maximum atomic E-state index is 0. The van der Waals surface area contributed by atoms with E-state index >= 15 is 0 Å². The Balaban J connectivity index is 0. The van der Waals surface area contributed by atoms with E-state index in [0.29, 0.717) is 0 Å². The summed E-state index contributed by atoms with van der Waals surface area (Å²) in [6.07, 6.45) is 0. The van der Waals surface area contributed by atoms with Crippen LogP contribution < -0.4 is 0 Å². The van der Waals surface area contributed by atoms with Crippen LogP contribution in [0.2, 0.25) is 0 Å². The van der Waals surface area contributed by atoms with Crippen molar-refractivity contribution in [3.63, 3.8) is 0 Å². The summed E-state index contributed by atoms with van der Waals surface area (Å²) in [6.45, 7) is 0. The Bertz CT molecular complexity index is 0. The summed E-state index contributed by atoms with van der Waals surface area (Å²) in [5.74, 6) is 0. The zero-order chi connectivity index (χ0) is 0. The van der Waals surface area contributed by atoms with E-state index in [1.807, 2.05) is 0 Å². The minimum Gasteiger partial charge on any atom is -0.269 e. The first-order valence-electron chi connectivity index (χ1n) is 0. The van der Waals surface area contributed by atoms with Crippen LogP contribution in [-0.4, -0.2) is 0 Å². The average Bonchev–Trinajstić information content (AvgIpc) is 0. The van der Waals surface area contributed by atoms with Crippen molar-refractivity contribution in [2.75, 3.05) is 0 Å². The molecule has 0 saturated heterocycles. The van der Waals surface area contributed by atoms with Gasteiger partial charge in [-0.05, 0) is 0 Å². The first-order valence-corrected chi connectivity index (χ1v) is 0. The molecule has 0 aromatic heterocycles. The Morgan fingerprint density at radius 3 is 0.0625 bits per heavy atom. The predicted octanol–water partition coefficient (Wildman–Crippen LogP) is 2.44. The van der Waals surface area contributed by atoms with E-state index in [1.165, 1.54) is 0 Å². The molecule has 0 nitrogen and oxygen atoms in total. The van der Waals surface area contributed by atoms with Crippen LogP contribution in [-0.2, 0) is 0 Å². The van der Waals surface area contributed by atoms with Crippen molar-refractivity contribution in [3.8, 4) is 0 Å². The molecule has 0 amide bonds. The number of hydrogen-bond acceptors (Lipinski definition) is 0. The maximum absolute atomic E-state index is 0. The van der Waals surface area contributed by atoms with Gasteiger partial charge in [0.05, 0.1) is 0 Å². The summed E-state index contributed by atoms with van der Waals surface area (Å²) < 4.78 is 0. The minimum absolute atomic E-state index is 0. The molecular formula is H16F16. The van der Waals surface area contributed by atoms with Crippen molar-refractivity contribution < 1.29 is 75.3 Å². The van der Waals surface area contributed by atoms with E-state index in [2.05, 4.69) is 0 Å². The highest BCUT2D eigenvalue weighted by Gasteiger charge is -0.254. The highest BCUT2D eigenvalue weighted by atomic mass is 19.0. The molecule has 16 heteroatoms. The zero-order valence-electron chi connectivity index (χ0n) is 6.53. The van der Waals surface area contributed by atoms with E-state index in [9.17, 15) is 0 Å². The molecule has 0 saturated carbocycles. The molecule has 0 aliphatic carbocycles. The van der Waals surface area contributed by atoms with Gasteiger partial charge in [0.25, 0.3) is 0 Å². The van der Waals surface area contributed by atoms with Gasteiger partial charge in [-0.15, -0.1) is 0 Å². The monoisotopic (exact) mass is 320 g/mol. The number of halogens is 16. The smallest absolute Gasteiger partial charge is 0.269 e. The van der Waals surface area contributed by atoms with Crippen LogP contribution in [0.4, 0.5) is 75.3 Å². The van der Waals surface area contributed by atoms with Crippen molar-refractivity contribution in [1.82, 2.24) is 0 Å². The quantitative estimate of drug-likeness (QED) is 0.602. The second-order valence-corrected chi connectivity index (χ2v) is 0. The summed E-state index contributed by atoms with van der Waals surface area (Å²) in [7, 11) is 0. The Morgan fingerprint density at radius 1 is 0.0625 bits per heavy atom. The van der Waals surface area contributed by atoms with Crippen molar-refractivity contribution >= 4 is 0 Å². The zero-order valence-corrected chi connectivity index (χ0v) is 6.53. The first kappa shape index (κ1) is 2290. The predicted molar refractivity (Wildman–Crippen MR) is 40.0 cm³/mol. The van der Waals surface area contributed by atoms with Crippen LogP contribution in [0.5, 0.6) is 0 Å². The lowest BCUT2D eigenvalue weighted by atomic mass is 19.0. The molecule has 0 fully saturated rings. The summed E-state index contributed by atoms with van der Waals surface area (Å²) >= 11 is 0. The molecule has 0 aliphatic rings. The molecule has 0 spiro atoms. The van der Waals surface area contributed by atoms with Crippen molar-refractivity contribution in [1.29, 1.82) is 0 Å². The second-order valence-electron chi connectivity index (χ2n) is 0. The van der Waals surface area contributed by atoms with Crippen LogP contribution in [0.3, 0.4) is 0 Å². The summed E-state index contributed by atoms with van der Waals surface area (Å²) in [5, 5.41) is 0. The van der Waals surface area contributed by atoms with E-state index < -0.39 is 0 Å². The molecule has 0 rings (SSSR count). The third-order valence-corrected chi connectivity index (χ3v) is 0. The molecular weight excluding hydrogens is 304 g/mol. The minimum atomic E-state index is 0. The van der Waals surface area contributed by atoms with Gasteiger partial charge in [0.1, 0.15) is 0 Å². The maximum Gasteiger partial charge on any atom is -0.269 e. The summed E-state index contributed by atoms with van der Waals surface area (Å²) in [4.78, 5) is 0. The molecule has 16 heavy (non-hydrogen) atoms. The van der Waals surface area contributed by atoms with Gasteiger partial charge < -0.3 is 0 Å². The Hall–Kier alpha value is -1.12. The summed E-state index contributed by atoms with van der Waals surface area (Å²) in [5.41, 5.74) is 0. The van der Waals surface area contributed by atoms with Crippen LogP contribution in [0, 0.1) is 0 Å². The van der Waals surface area contributed by atoms with Crippen LogP contribution in [0.1, 0.15) is 0 Å². The van der Waals surface area contributed by atoms with Crippen molar-refractivity contribution in [2.24, 2.45) is 0 Å². The Morgan fingerprint density at radius 2 is 0.0625 bits per heavy atom. The molecule has 0 atom stereocenters. The highest BCUT2D eigenvalue weighted by molar-refractivity contribution is 1.12. The topological polar surface area (TPSA) is 0 Å². The summed E-state index contributed by atoms with van der Waals surface area (Å²) in [6, 6.07) is 0. The van der Waals surface area contributed by atoms with Gasteiger partial charge >= 0.3 is 0 Å². The van der Waals surface area contributed by atoms with Crippen molar-refractivity contribution in [2.45, 2.75) is 0 Å². The molecule has 0 aromatic rings. The Kier molecular flexibility index (Phi) is 262000. The first-order chi connectivity index (χ1) is 0. The normalized spacial score (nSPS) is 0. The SMILES string of the molecule is F.F.F.F.F.F.F.F.F.F.F.F.F.F.F.F. The van der Waals surface area contributed by atoms with E-state index in [4.69, 9.17) is 0 Å². The fourth-order valence-corrected chi connectivity index (χ4v) is 0. The number of hydrogen-bond donors (Lipinski definition) is 0. The van der Waals surface area contributed by atoms with Gasteiger partial charge in [0, 0.05) is 0 Å². The van der Waals surface area contributed by atoms with E-state index in [-0.39, 0.29) is 75.3 Å². The van der Waals surface area contributed by atoms with Gasteiger partial charge in [-0.2, -0.15) is 0 Å². The van der Waals surface area contributed by atoms with Gasteiger partial charge in [-0.3, -0.25) is 75.3 Å². The van der Waals surface area contributed by atoms with Gasteiger partial charge in [-0.1, -0.05) is 0 Å².